The first-order valence-corrected chi connectivity index (χ1v) is 6.41. The Bertz CT molecular complexity index is 380. The number of carbonyl (C=O) groups excluding carboxylic acids is 1. The van der Waals surface area contributed by atoms with Gasteiger partial charge in [-0.3, -0.25) is 4.79 Å². The molecule has 0 aliphatic rings. The minimum atomic E-state index is -0.473. The maximum Gasteiger partial charge on any atom is 0.260 e. The van der Waals surface area contributed by atoms with Crippen molar-refractivity contribution in [3.8, 4) is 5.75 Å². The van der Waals surface area contributed by atoms with E-state index < -0.39 is 6.10 Å². The number of ether oxygens (including phenoxy) is 1. The second-order valence-corrected chi connectivity index (χ2v) is 4.08. The summed E-state index contributed by atoms with van der Waals surface area (Å²) in [5.41, 5.74) is 1.15. The molecule has 1 rings (SSSR count). The first-order chi connectivity index (χ1) is 8.67. The minimum absolute atomic E-state index is 0.0883. The summed E-state index contributed by atoms with van der Waals surface area (Å²) in [6.45, 7) is 8.07. The van der Waals surface area contributed by atoms with Crippen molar-refractivity contribution >= 4 is 5.91 Å². The fourth-order valence-corrected chi connectivity index (χ4v) is 1.57. The predicted molar refractivity (Wildman–Crippen MR) is 72.6 cm³/mol. The van der Waals surface area contributed by atoms with Gasteiger partial charge < -0.3 is 15.4 Å². The first-order valence-electron chi connectivity index (χ1n) is 6.41. The smallest absolute Gasteiger partial charge is 0.260 e. The number of carbonyl (C=O) groups is 1. The van der Waals surface area contributed by atoms with Crippen LogP contribution >= 0.6 is 0 Å². The average Bonchev–Trinajstić information content (AvgIpc) is 2.37. The van der Waals surface area contributed by atoms with Crippen molar-refractivity contribution in [3.05, 3.63) is 29.8 Å². The van der Waals surface area contributed by atoms with Crippen LogP contribution in [0.15, 0.2) is 24.3 Å². The third kappa shape index (κ3) is 4.75. The predicted octanol–water partition coefficient (Wildman–Crippen LogP) is 1.70. The summed E-state index contributed by atoms with van der Waals surface area (Å²) in [5, 5.41) is 5.99. The Balaban J connectivity index is 2.58. The normalized spacial score (nSPS) is 11.9. The molecule has 0 aliphatic carbocycles. The fourth-order valence-electron chi connectivity index (χ4n) is 1.57. The number of rotatable bonds is 7. The molecule has 0 saturated carbocycles. The van der Waals surface area contributed by atoms with Gasteiger partial charge in [0.05, 0.1) is 0 Å². The monoisotopic (exact) mass is 250 g/mol. The van der Waals surface area contributed by atoms with Gasteiger partial charge in [0, 0.05) is 13.1 Å². The number of hydrogen-bond acceptors (Lipinski definition) is 3. The van der Waals surface area contributed by atoms with Gasteiger partial charge in [-0.2, -0.15) is 0 Å². The summed E-state index contributed by atoms with van der Waals surface area (Å²) in [4.78, 5) is 11.6. The maximum atomic E-state index is 11.6. The number of amides is 1. The van der Waals surface area contributed by atoms with Gasteiger partial charge in [-0.1, -0.05) is 19.1 Å². The van der Waals surface area contributed by atoms with Crippen LogP contribution in [-0.4, -0.2) is 25.1 Å². The maximum absolute atomic E-state index is 11.6. The molecule has 0 radical (unpaired) electrons. The van der Waals surface area contributed by atoms with Crippen LogP contribution in [0.2, 0.25) is 0 Å². The molecule has 0 saturated heterocycles. The number of likely N-dealkylation sites (N-methyl/N-ethyl adjacent to an activating group) is 1. The van der Waals surface area contributed by atoms with Crippen molar-refractivity contribution in [1.82, 2.24) is 10.6 Å². The molecule has 0 spiro atoms. The largest absolute Gasteiger partial charge is 0.481 e. The molecule has 1 unspecified atom stereocenters. The third-order valence-corrected chi connectivity index (χ3v) is 2.51. The number of nitrogens with one attached hydrogen (secondary N) is 2. The van der Waals surface area contributed by atoms with Crippen LogP contribution in [0.25, 0.3) is 0 Å². The summed E-state index contributed by atoms with van der Waals surface area (Å²) in [6, 6.07) is 7.79. The lowest BCUT2D eigenvalue weighted by atomic mass is 10.2. The van der Waals surface area contributed by atoms with Crippen LogP contribution in [0, 0.1) is 0 Å². The third-order valence-electron chi connectivity index (χ3n) is 2.51. The molecule has 4 heteroatoms. The molecule has 1 amide bonds. The van der Waals surface area contributed by atoms with Crippen molar-refractivity contribution in [2.45, 2.75) is 33.4 Å². The summed E-state index contributed by atoms with van der Waals surface area (Å²) in [7, 11) is 0. The van der Waals surface area contributed by atoms with Gasteiger partial charge >= 0.3 is 0 Å². The SMILES string of the molecule is CCNCc1cccc(OC(C)C(=O)NCC)c1. The zero-order valence-corrected chi connectivity index (χ0v) is 11.3. The average molecular weight is 250 g/mol. The molecule has 18 heavy (non-hydrogen) atoms. The van der Waals surface area contributed by atoms with E-state index in [0.29, 0.717) is 6.54 Å². The Hall–Kier alpha value is -1.55. The molecular weight excluding hydrogens is 228 g/mol. The Labute approximate surface area is 109 Å². The molecule has 0 fully saturated rings. The molecule has 100 valence electrons. The second-order valence-electron chi connectivity index (χ2n) is 4.08. The van der Waals surface area contributed by atoms with Gasteiger partial charge in [-0.05, 0) is 38.1 Å². The van der Waals surface area contributed by atoms with E-state index in [1.807, 2.05) is 31.2 Å². The molecule has 1 aromatic rings. The summed E-state index contributed by atoms with van der Waals surface area (Å²) in [6.07, 6.45) is -0.473. The van der Waals surface area contributed by atoms with Crippen molar-refractivity contribution in [3.63, 3.8) is 0 Å². The lowest BCUT2D eigenvalue weighted by molar-refractivity contribution is -0.127. The Kier molecular flexibility index (Phi) is 6.22. The standard InChI is InChI=1S/C14H22N2O2/c1-4-15-10-12-7-6-8-13(9-12)18-11(3)14(17)16-5-2/h6-9,11,15H,4-5,10H2,1-3H3,(H,16,17). The summed E-state index contributed by atoms with van der Waals surface area (Å²) >= 11 is 0. The molecule has 4 nitrogen and oxygen atoms in total. The van der Waals surface area contributed by atoms with Crippen LogP contribution in [0.1, 0.15) is 26.3 Å². The molecule has 0 heterocycles. The minimum Gasteiger partial charge on any atom is -0.481 e. The first kappa shape index (κ1) is 14.5. The van der Waals surface area contributed by atoms with Crippen molar-refractivity contribution in [2.75, 3.05) is 13.1 Å². The van der Waals surface area contributed by atoms with E-state index >= 15 is 0 Å². The number of benzene rings is 1. The lowest BCUT2D eigenvalue weighted by Crippen LogP contribution is -2.36. The highest BCUT2D eigenvalue weighted by Crippen LogP contribution is 2.15. The summed E-state index contributed by atoms with van der Waals surface area (Å²) < 4.78 is 5.61. The quantitative estimate of drug-likeness (QED) is 0.774. The van der Waals surface area contributed by atoms with Crippen LogP contribution in [0.4, 0.5) is 0 Å². The Morgan fingerprint density at radius 2 is 2.11 bits per heavy atom. The van der Waals surface area contributed by atoms with Crippen molar-refractivity contribution in [2.24, 2.45) is 0 Å². The number of hydrogen-bond donors (Lipinski definition) is 2. The van der Waals surface area contributed by atoms with E-state index in [9.17, 15) is 4.79 Å². The van der Waals surface area contributed by atoms with Gasteiger partial charge in [0.25, 0.3) is 5.91 Å². The van der Waals surface area contributed by atoms with Gasteiger partial charge in [0.1, 0.15) is 5.75 Å². The highest BCUT2D eigenvalue weighted by Gasteiger charge is 2.13. The summed E-state index contributed by atoms with van der Waals surface area (Å²) in [5.74, 6) is 0.638. The molecular formula is C14H22N2O2. The van der Waals surface area contributed by atoms with E-state index in [2.05, 4.69) is 17.6 Å². The Morgan fingerprint density at radius 3 is 2.78 bits per heavy atom. The van der Waals surface area contributed by atoms with Gasteiger partial charge in [0.15, 0.2) is 6.10 Å². The molecule has 0 aliphatic heterocycles. The topological polar surface area (TPSA) is 50.4 Å². The van der Waals surface area contributed by atoms with Crippen molar-refractivity contribution in [1.29, 1.82) is 0 Å². The van der Waals surface area contributed by atoms with Crippen LogP contribution < -0.4 is 15.4 Å². The Morgan fingerprint density at radius 1 is 1.33 bits per heavy atom. The molecule has 1 aromatic carbocycles. The van der Waals surface area contributed by atoms with Gasteiger partial charge in [0.2, 0.25) is 0 Å². The zero-order valence-electron chi connectivity index (χ0n) is 11.3. The van der Waals surface area contributed by atoms with Crippen LogP contribution in [0.3, 0.4) is 0 Å². The van der Waals surface area contributed by atoms with E-state index in [0.717, 1.165) is 24.4 Å². The molecule has 0 aromatic heterocycles. The van der Waals surface area contributed by atoms with E-state index in [-0.39, 0.29) is 5.91 Å². The van der Waals surface area contributed by atoms with Crippen LogP contribution in [0.5, 0.6) is 5.75 Å². The van der Waals surface area contributed by atoms with E-state index in [1.165, 1.54) is 0 Å². The molecule has 1 atom stereocenters. The van der Waals surface area contributed by atoms with E-state index in [1.54, 1.807) is 6.92 Å². The zero-order chi connectivity index (χ0) is 13.4. The lowest BCUT2D eigenvalue weighted by Gasteiger charge is -2.14. The van der Waals surface area contributed by atoms with E-state index in [4.69, 9.17) is 4.74 Å². The van der Waals surface area contributed by atoms with Crippen LogP contribution in [-0.2, 0) is 11.3 Å². The van der Waals surface area contributed by atoms with Gasteiger partial charge in [-0.25, -0.2) is 0 Å². The molecule has 0 bridgehead atoms. The van der Waals surface area contributed by atoms with Crippen molar-refractivity contribution < 1.29 is 9.53 Å². The fraction of sp³-hybridized carbons (Fsp3) is 0.500. The highest BCUT2D eigenvalue weighted by atomic mass is 16.5. The van der Waals surface area contributed by atoms with Gasteiger partial charge in [-0.15, -0.1) is 0 Å². The second kappa shape index (κ2) is 7.71. The molecule has 2 N–H and O–H groups in total. The highest BCUT2D eigenvalue weighted by molar-refractivity contribution is 5.80.